The first-order chi connectivity index (χ1) is 11.7. The molecule has 24 heavy (non-hydrogen) atoms. The maximum atomic E-state index is 12.2. The summed E-state index contributed by atoms with van der Waals surface area (Å²) in [6.45, 7) is 0. The molecule has 2 aromatic rings. The maximum Gasteiger partial charge on any atom is 0.232 e. The monoisotopic (exact) mass is 362 g/mol. The lowest BCUT2D eigenvalue weighted by Gasteiger charge is -2.06. The normalized spacial score (nSPS) is 16.5. The Balaban J connectivity index is 1.33. The lowest BCUT2D eigenvalue weighted by atomic mass is 10.0. The van der Waals surface area contributed by atoms with Gasteiger partial charge in [-0.15, -0.1) is 22.7 Å². The zero-order chi connectivity index (χ0) is 16.5. The number of hydrogen-bond donors (Lipinski definition) is 2. The SMILES string of the molecule is O=C(Cc1csc(NC(=O)C2CC2)n1)Nc1nc2c(s1)CCCC2. The van der Waals surface area contributed by atoms with Crippen molar-refractivity contribution in [3.8, 4) is 0 Å². The van der Waals surface area contributed by atoms with Crippen LogP contribution >= 0.6 is 22.7 Å². The second kappa shape index (κ2) is 6.60. The molecule has 8 heteroatoms. The van der Waals surface area contributed by atoms with Crippen molar-refractivity contribution < 1.29 is 9.59 Å². The summed E-state index contributed by atoms with van der Waals surface area (Å²) in [6.07, 6.45) is 6.58. The Kier molecular flexibility index (Phi) is 4.32. The molecule has 2 heterocycles. The number of aryl methyl sites for hydroxylation is 2. The number of amides is 2. The number of aromatic nitrogens is 2. The van der Waals surface area contributed by atoms with Crippen LogP contribution in [0.2, 0.25) is 0 Å². The lowest BCUT2D eigenvalue weighted by molar-refractivity contribution is -0.117. The van der Waals surface area contributed by atoms with Gasteiger partial charge in [-0.2, -0.15) is 0 Å². The largest absolute Gasteiger partial charge is 0.302 e. The van der Waals surface area contributed by atoms with Gasteiger partial charge in [0.1, 0.15) is 0 Å². The van der Waals surface area contributed by atoms with Crippen LogP contribution in [0.5, 0.6) is 0 Å². The number of nitrogens with zero attached hydrogens (tertiary/aromatic N) is 2. The quantitative estimate of drug-likeness (QED) is 0.856. The lowest BCUT2D eigenvalue weighted by Crippen LogP contribution is -2.15. The van der Waals surface area contributed by atoms with Gasteiger partial charge in [0.2, 0.25) is 11.8 Å². The highest BCUT2D eigenvalue weighted by Crippen LogP contribution is 2.31. The summed E-state index contributed by atoms with van der Waals surface area (Å²) in [5.74, 6) is 0.0665. The smallest absolute Gasteiger partial charge is 0.232 e. The fourth-order valence-corrected chi connectivity index (χ4v) is 4.51. The number of thiazole rings is 2. The van der Waals surface area contributed by atoms with Crippen molar-refractivity contribution in [3.05, 3.63) is 21.6 Å². The van der Waals surface area contributed by atoms with Crippen molar-refractivity contribution in [2.75, 3.05) is 10.6 Å². The van der Waals surface area contributed by atoms with Gasteiger partial charge < -0.3 is 10.6 Å². The van der Waals surface area contributed by atoms with E-state index in [2.05, 4.69) is 20.6 Å². The highest BCUT2D eigenvalue weighted by Gasteiger charge is 2.30. The first-order valence-electron chi connectivity index (χ1n) is 8.21. The minimum Gasteiger partial charge on any atom is -0.302 e. The van der Waals surface area contributed by atoms with E-state index in [0.717, 1.165) is 31.4 Å². The van der Waals surface area contributed by atoms with E-state index in [1.807, 2.05) is 5.38 Å². The maximum absolute atomic E-state index is 12.2. The Hall–Kier alpha value is -1.80. The van der Waals surface area contributed by atoms with Gasteiger partial charge in [-0.25, -0.2) is 9.97 Å². The van der Waals surface area contributed by atoms with E-state index in [0.29, 0.717) is 16.0 Å². The van der Waals surface area contributed by atoms with Crippen LogP contribution in [0.15, 0.2) is 5.38 Å². The molecular formula is C16H18N4O2S2. The molecule has 0 saturated heterocycles. The summed E-state index contributed by atoms with van der Waals surface area (Å²) in [6, 6.07) is 0. The second-order valence-electron chi connectivity index (χ2n) is 6.23. The Bertz CT molecular complexity index is 755. The molecule has 4 rings (SSSR count). The topological polar surface area (TPSA) is 84.0 Å². The van der Waals surface area contributed by atoms with Crippen LogP contribution in [0.1, 0.15) is 41.9 Å². The van der Waals surface area contributed by atoms with Crippen LogP contribution in [0, 0.1) is 5.92 Å². The summed E-state index contributed by atoms with van der Waals surface area (Å²) < 4.78 is 0. The molecule has 2 amide bonds. The standard InChI is InChI=1S/C16H18N4O2S2/c21-13(19-16-18-11-3-1-2-4-12(11)24-16)7-10-8-23-15(17-10)20-14(22)9-5-6-9/h8-9H,1-7H2,(H,17,20,22)(H,18,19,21). The van der Waals surface area contributed by atoms with Crippen LogP contribution < -0.4 is 10.6 Å². The number of rotatable bonds is 5. The van der Waals surface area contributed by atoms with E-state index in [4.69, 9.17) is 0 Å². The minimum absolute atomic E-state index is 0.0358. The van der Waals surface area contributed by atoms with E-state index in [-0.39, 0.29) is 24.2 Å². The number of nitrogens with one attached hydrogen (secondary N) is 2. The van der Waals surface area contributed by atoms with E-state index < -0.39 is 0 Å². The van der Waals surface area contributed by atoms with Crippen LogP contribution in [0.3, 0.4) is 0 Å². The molecule has 0 aromatic carbocycles. The number of carbonyl (C=O) groups is 2. The number of carbonyl (C=O) groups excluding carboxylic acids is 2. The summed E-state index contributed by atoms with van der Waals surface area (Å²) in [5.41, 5.74) is 1.81. The van der Waals surface area contributed by atoms with Crippen molar-refractivity contribution >= 4 is 44.8 Å². The van der Waals surface area contributed by atoms with Gasteiger partial charge in [-0.05, 0) is 38.5 Å². The highest BCUT2D eigenvalue weighted by atomic mass is 32.1. The van der Waals surface area contributed by atoms with Crippen LogP contribution in [0.25, 0.3) is 0 Å². The number of fused-ring (bicyclic) bond motifs is 1. The molecule has 126 valence electrons. The van der Waals surface area contributed by atoms with Gasteiger partial charge in [0, 0.05) is 16.2 Å². The fourth-order valence-electron chi connectivity index (χ4n) is 2.73. The average molecular weight is 362 g/mol. The average Bonchev–Trinajstić information content (AvgIpc) is 3.20. The van der Waals surface area contributed by atoms with E-state index in [9.17, 15) is 9.59 Å². The van der Waals surface area contributed by atoms with Gasteiger partial charge in [0.05, 0.1) is 17.8 Å². The van der Waals surface area contributed by atoms with E-state index >= 15 is 0 Å². The Morgan fingerprint density at radius 1 is 1.12 bits per heavy atom. The first-order valence-corrected chi connectivity index (χ1v) is 9.90. The van der Waals surface area contributed by atoms with Crippen molar-refractivity contribution in [1.29, 1.82) is 0 Å². The van der Waals surface area contributed by atoms with Crippen molar-refractivity contribution in [2.45, 2.75) is 44.9 Å². The van der Waals surface area contributed by atoms with Crippen molar-refractivity contribution in [2.24, 2.45) is 5.92 Å². The molecule has 2 aliphatic carbocycles. The molecule has 0 aliphatic heterocycles. The Morgan fingerprint density at radius 3 is 2.75 bits per heavy atom. The molecule has 2 aliphatic rings. The zero-order valence-electron chi connectivity index (χ0n) is 13.1. The van der Waals surface area contributed by atoms with Gasteiger partial charge in [0.15, 0.2) is 10.3 Å². The van der Waals surface area contributed by atoms with Crippen LogP contribution in [-0.2, 0) is 28.9 Å². The molecule has 0 bridgehead atoms. The fraction of sp³-hybridized carbons (Fsp3) is 0.500. The molecule has 2 aromatic heterocycles. The molecule has 1 fully saturated rings. The molecule has 2 N–H and O–H groups in total. The van der Waals surface area contributed by atoms with Crippen LogP contribution in [-0.4, -0.2) is 21.8 Å². The summed E-state index contributed by atoms with van der Waals surface area (Å²) in [5, 5.41) is 8.75. The number of hydrogen-bond acceptors (Lipinski definition) is 6. The van der Waals surface area contributed by atoms with Gasteiger partial charge in [-0.3, -0.25) is 9.59 Å². The van der Waals surface area contributed by atoms with Crippen LogP contribution in [0.4, 0.5) is 10.3 Å². The predicted molar refractivity (Wildman–Crippen MR) is 94.6 cm³/mol. The molecular weight excluding hydrogens is 344 g/mol. The third-order valence-electron chi connectivity index (χ3n) is 4.16. The summed E-state index contributed by atoms with van der Waals surface area (Å²) >= 11 is 2.94. The molecule has 1 saturated carbocycles. The van der Waals surface area contributed by atoms with Gasteiger partial charge in [0.25, 0.3) is 0 Å². The van der Waals surface area contributed by atoms with Crippen molar-refractivity contribution in [1.82, 2.24) is 9.97 Å². The first kappa shape index (κ1) is 15.7. The third-order valence-corrected chi connectivity index (χ3v) is 6.04. The third kappa shape index (κ3) is 3.64. The molecule has 6 nitrogen and oxygen atoms in total. The van der Waals surface area contributed by atoms with E-state index in [1.165, 1.54) is 29.1 Å². The predicted octanol–water partition coefficient (Wildman–Crippen LogP) is 3.01. The molecule has 0 spiro atoms. The second-order valence-corrected chi connectivity index (χ2v) is 8.17. The van der Waals surface area contributed by atoms with Gasteiger partial charge in [-0.1, -0.05) is 0 Å². The zero-order valence-corrected chi connectivity index (χ0v) is 14.8. The Morgan fingerprint density at radius 2 is 1.96 bits per heavy atom. The number of anilines is 2. The molecule has 0 radical (unpaired) electrons. The van der Waals surface area contributed by atoms with Gasteiger partial charge >= 0.3 is 0 Å². The van der Waals surface area contributed by atoms with Crippen molar-refractivity contribution in [3.63, 3.8) is 0 Å². The molecule has 0 atom stereocenters. The minimum atomic E-state index is -0.119. The summed E-state index contributed by atoms with van der Waals surface area (Å²) in [7, 11) is 0. The highest BCUT2D eigenvalue weighted by molar-refractivity contribution is 7.16. The summed E-state index contributed by atoms with van der Waals surface area (Å²) in [4.78, 5) is 34.0. The Labute approximate surface area is 147 Å². The van der Waals surface area contributed by atoms with E-state index in [1.54, 1.807) is 11.3 Å². The molecule has 0 unspecified atom stereocenters.